The Morgan fingerprint density at radius 3 is 3.09 bits per heavy atom. The number of piperazine rings is 1. The predicted octanol–water partition coefficient (Wildman–Crippen LogP) is 0.856. The van der Waals surface area contributed by atoms with Gasteiger partial charge >= 0.3 is 0 Å². The highest BCUT2D eigenvalue weighted by molar-refractivity contribution is 4.85. The Bertz CT molecular complexity index is 132. The number of allylic oxidation sites excluding steroid dienone is 1. The lowest BCUT2D eigenvalue weighted by Crippen LogP contribution is -2.49. The molecule has 1 heterocycles. The normalized spacial score (nSPS) is 28.0. The average Bonchev–Trinajstić information content (AvgIpc) is 2.03. The van der Waals surface area contributed by atoms with Crippen LogP contribution in [0.3, 0.4) is 0 Å². The van der Waals surface area contributed by atoms with E-state index in [2.05, 4.69) is 36.2 Å². The molecule has 0 unspecified atom stereocenters. The van der Waals surface area contributed by atoms with E-state index in [1.807, 2.05) is 0 Å². The van der Waals surface area contributed by atoms with Crippen LogP contribution in [0.2, 0.25) is 0 Å². The molecule has 1 aliphatic heterocycles. The number of hydrogen-bond acceptors (Lipinski definition) is 2. The van der Waals surface area contributed by atoms with E-state index in [0.717, 1.165) is 19.6 Å². The van der Waals surface area contributed by atoms with Gasteiger partial charge in [-0.3, -0.25) is 4.90 Å². The van der Waals surface area contributed by atoms with Gasteiger partial charge in [-0.2, -0.15) is 0 Å². The van der Waals surface area contributed by atoms with Crippen LogP contribution in [0.15, 0.2) is 12.2 Å². The van der Waals surface area contributed by atoms with Crippen molar-refractivity contribution in [1.82, 2.24) is 10.2 Å². The van der Waals surface area contributed by atoms with E-state index in [9.17, 15) is 0 Å². The third kappa shape index (κ3) is 2.64. The first kappa shape index (κ1) is 8.75. The fourth-order valence-electron chi connectivity index (χ4n) is 1.40. The molecule has 2 heteroatoms. The van der Waals surface area contributed by atoms with Gasteiger partial charge in [0.25, 0.3) is 0 Å². The van der Waals surface area contributed by atoms with Crippen molar-refractivity contribution in [2.45, 2.75) is 19.9 Å². The van der Waals surface area contributed by atoms with Crippen molar-refractivity contribution < 1.29 is 0 Å². The van der Waals surface area contributed by atoms with E-state index in [4.69, 9.17) is 0 Å². The molecular formula is C9H18N2. The minimum Gasteiger partial charge on any atom is -0.314 e. The van der Waals surface area contributed by atoms with Gasteiger partial charge in [-0.15, -0.1) is 0 Å². The van der Waals surface area contributed by atoms with Gasteiger partial charge in [0.15, 0.2) is 0 Å². The second-order valence-electron chi connectivity index (χ2n) is 3.12. The van der Waals surface area contributed by atoms with Crippen LogP contribution in [0.1, 0.15) is 13.8 Å². The molecule has 1 atom stereocenters. The smallest absolute Gasteiger partial charge is 0.0196 e. The molecule has 0 aromatic rings. The van der Waals surface area contributed by atoms with Crippen LogP contribution < -0.4 is 5.32 Å². The molecule has 64 valence electrons. The maximum atomic E-state index is 3.38. The summed E-state index contributed by atoms with van der Waals surface area (Å²) in [4.78, 5) is 2.50. The maximum Gasteiger partial charge on any atom is 0.0196 e. The highest BCUT2D eigenvalue weighted by Gasteiger charge is 2.15. The van der Waals surface area contributed by atoms with Crippen molar-refractivity contribution in [3.63, 3.8) is 0 Å². The molecular weight excluding hydrogens is 136 g/mol. The van der Waals surface area contributed by atoms with Crippen LogP contribution in [-0.2, 0) is 0 Å². The summed E-state index contributed by atoms with van der Waals surface area (Å²) < 4.78 is 0. The molecule has 0 radical (unpaired) electrons. The third-order valence-electron chi connectivity index (χ3n) is 2.21. The van der Waals surface area contributed by atoms with Crippen LogP contribution in [0.25, 0.3) is 0 Å². The summed E-state index contributed by atoms with van der Waals surface area (Å²) in [5.74, 6) is 0. The van der Waals surface area contributed by atoms with Crippen molar-refractivity contribution in [2.75, 3.05) is 26.2 Å². The Kier molecular flexibility index (Phi) is 3.60. The Labute approximate surface area is 69.3 Å². The summed E-state index contributed by atoms with van der Waals surface area (Å²) in [5.41, 5.74) is 0. The zero-order chi connectivity index (χ0) is 8.10. The predicted molar refractivity (Wildman–Crippen MR) is 48.7 cm³/mol. The van der Waals surface area contributed by atoms with E-state index in [1.54, 1.807) is 0 Å². The van der Waals surface area contributed by atoms with Crippen molar-refractivity contribution in [3.8, 4) is 0 Å². The molecule has 0 aliphatic carbocycles. The molecule has 2 nitrogen and oxygen atoms in total. The molecule has 1 N–H and O–H groups in total. The average molecular weight is 154 g/mol. The Balaban J connectivity index is 2.29. The Morgan fingerprint density at radius 2 is 2.45 bits per heavy atom. The number of nitrogens with zero attached hydrogens (tertiary/aromatic N) is 1. The first-order valence-electron chi connectivity index (χ1n) is 4.40. The van der Waals surface area contributed by atoms with Crippen LogP contribution in [0.4, 0.5) is 0 Å². The van der Waals surface area contributed by atoms with Gasteiger partial charge in [-0.25, -0.2) is 0 Å². The lowest BCUT2D eigenvalue weighted by Gasteiger charge is -2.32. The van der Waals surface area contributed by atoms with Crippen molar-refractivity contribution in [2.24, 2.45) is 0 Å². The molecule has 1 fully saturated rings. The Morgan fingerprint density at radius 1 is 1.64 bits per heavy atom. The second kappa shape index (κ2) is 4.52. The zero-order valence-electron chi connectivity index (χ0n) is 7.51. The van der Waals surface area contributed by atoms with E-state index in [0.29, 0.717) is 6.04 Å². The minimum absolute atomic E-state index is 0.694. The monoisotopic (exact) mass is 154 g/mol. The van der Waals surface area contributed by atoms with Crippen molar-refractivity contribution in [1.29, 1.82) is 0 Å². The number of nitrogens with one attached hydrogen (secondary N) is 1. The lowest BCUT2D eigenvalue weighted by atomic mass is 10.2. The number of rotatable bonds is 2. The molecule has 1 rings (SSSR count). The highest BCUT2D eigenvalue weighted by atomic mass is 15.2. The maximum absolute atomic E-state index is 3.38. The summed E-state index contributed by atoms with van der Waals surface area (Å²) in [7, 11) is 0. The van der Waals surface area contributed by atoms with Crippen LogP contribution in [0, 0.1) is 0 Å². The summed E-state index contributed by atoms with van der Waals surface area (Å²) in [6, 6.07) is 0.694. The van der Waals surface area contributed by atoms with Crippen LogP contribution in [0.5, 0.6) is 0 Å². The summed E-state index contributed by atoms with van der Waals surface area (Å²) in [6.45, 7) is 8.92. The van der Waals surface area contributed by atoms with E-state index in [1.165, 1.54) is 6.54 Å². The van der Waals surface area contributed by atoms with Gasteiger partial charge in [0.1, 0.15) is 0 Å². The van der Waals surface area contributed by atoms with Crippen LogP contribution >= 0.6 is 0 Å². The van der Waals surface area contributed by atoms with Crippen LogP contribution in [-0.4, -0.2) is 37.1 Å². The molecule has 0 aromatic carbocycles. The van der Waals surface area contributed by atoms with Gasteiger partial charge in [0.05, 0.1) is 0 Å². The SMILES string of the molecule is CC=CCN1CCNC[C@@H]1C. The first-order chi connectivity index (χ1) is 5.34. The second-order valence-corrected chi connectivity index (χ2v) is 3.12. The van der Waals surface area contributed by atoms with E-state index < -0.39 is 0 Å². The fraction of sp³-hybridized carbons (Fsp3) is 0.778. The van der Waals surface area contributed by atoms with Gasteiger partial charge in [-0.1, -0.05) is 12.2 Å². The summed E-state index contributed by atoms with van der Waals surface area (Å²) >= 11 is 0. The molecule has 0 bridgehead atoms. The van der Waals surface area contributed by atoms with Gasteiger partial charge in [0.2, 0.25) is 0 Å². The largest absolute Gasteiger partial charge is 0.314 e. The molecule has 1 saturated heterocycles. The minimum atomic E-state index is 0.694. The first-order valence-corrected chi connectivity index (χ1v) is 4.40. The standard InChI is InChI=1S/C9H18N2/c1-3-4-6-11-7-5-10-8-9(11)2/h3-4,9-10H,5-8H2,1-2H3/t9-/m0/s1. The number of hydrogen-bond donors (Lipinski definition) is 1. The third-order valence-corrected chi connectivity index (χ3v) is 2.21. The molecule has 0 amide bonds. The molecule has 0 aromatic heterocycles. The van der Waals surface area contributed by atoms with Gasteiger partial charge in [0, 0.05) is 32.2 Å². The summed E-state index contributed by atoms with van der Waals surface area (Å²) in [5, 5.41) is 3.38. The van der Waals surface area contributed by atoms with E-state index >= 15 is 0 Å². The van der Waals surface area contributed by atoms with Crippen molar-refractivity contribution >= 4 is 0 Å². The van der Waals surface area contributed by atoms with Gasteiger partial charge < -0.3 is 5.32 Å². The zero-order valence-corrected chi connectivity index (χ0v) is 7.51. The summed E-state index contributed by atoms with van der Waals surface area (Å²) in [6.07, 6.45) is 4.34. The molecule has 0 spiro atoms. The highest BCUT2D eigenvalue weighted by Crippen LogP contribution is 2.01. The topological polar surface area (TPSA) is 15.3 Å². The Hall–Kier alpha value is -0.340. The molecule has 11 heavy (non-hydrogen) atoms. The quantitative estimate of drug-likeness (QED) is 0.593. The fourth-order valence-corrected chi connectivity index (χ4v) is 1.40. The molecule has 0 saturated carbocycles. The van der Waals surface area contributed by atoms with E-state index in [-0.39, 0.29) is 0 Å². The lowest BCUT2D eigenvalue weighted by molar-refractivity contribution is 0.192. The molecule has 1 aliphatic rings. The van der Waals surface area contributed by atoms with Crippen molar-refractivity contribution in [3.05, 3.63) is 12.2 Å². The van der Waals surface area contributed by atoms with Gasteiger partial charge in [-0.05, 0) is 13.8 Å².